The summed E-state index contributed by atoms with van der Waals surface area (Å²) in [6.45, 7) is 7.01. The van der Waals surface area contributed by atoms with Gasteiger partial charge in [0.1, 0.15) is 5.82 Å². The summed E-state index contributed by atoms with van der Waals surface area (Å²) in [4.78, 5) is 3.80. The average Bonchev–Trinajstić information content (AvgIpc) is 3.49. The number of fused-ring (bicyclic) bond motifs is 1. The molecule has 0 bridgehead atoms. The predicted molar refractivity (Wildman–Crippen MR) is 118 cm³/mol. The van der Waals surface area contributed by atoms with Crippen molar-refractivity contribution in [1.82, 2.24) is 14.3 Å². The molecule has 32 heavy (non-hydrogen) atoms. The van der Waals surface area contributed by atoms with Crippen molar-refractivity contribution in [2.24, 2.45) is 5.41 Å². The van der Waals surface area contributed by atoms with Crippen LogP contribution in [-0.2, 0) is 30.3 Å². The van der Waals surface area contributed by atoms with Crippen molar-refractivity contribution in [2.75, 3.05) is 0 Å². The molecule has 1 atom stereocenters. The quantitative estimate of drug-likeness (QED) is 0.464. The molecule has 0 radical (unpaired) electrons. The topological polar surface area (TPSA) is 46.9 Å². The number of alkyl halides is 3. The number of benzene rings is 1. The zero-order valence-corrected chi connectivity index (χ0v) is 18.9. The number of hydrogen-bond donors (Lipinski definition) is 1. The fraction of sp³-hybridized carbons (Fsp3) is 0.435. The van der Waals surface area contributed by atoms with Crippen LogP contribution < -0.4 is 4.72 Å². The summed E-state index contributed by atoms with van der Waals surface area (Å²) in [5, 5.41) is 0.751. The zero-order valence-electron chi connectivity index (χ0n) is 18.1. The summed E-state index contributed by atoms with van der Waals surface area (Å²) in [6, 6.07) is 3.59. The van der Waals surface area contributed by atoms with E-state index < -0.39 is 28.5 Å². The fourth-order valence-electron chi connectivity index (χ4n) is 3.78. The first kappa shape index (κ1) is 22.9. The zero-order chi connectivity index (χ0) is 23.3. The van der Waals surface area contributed by atoms with Crippen molar-refractivity contribution in [1.29, 1.82) is 0 Å². The minimum Gasteiger partial charge on any atom is -0.347 e. The lowest BCUT2D eigenvalue weighted by Gasteiger charge is -2.20. The van der Waals surface area contributed by atoms with Crippen molar-refractivity contribution in [3.8, 4) is 11.1 Å². The second kappa shape index (κ2) is 8.26. The van der Waals surface area contributed by atoms with E-state index in [0.717, 1.165) is 36.9 Å². The predicted octanol–water partition coefficient (Wildman–Crippen LogP) is 5.82. The molecule has 1 N–H and O–H groups in total. The SMILES string of the molecule is CC(C)(C)Cn1cc(CNS(=O)C2CC2)c2cc(F)c(-c3cnccc3C(F)(F)F)cc21. The third-order valence-corrected chi connectivity index (χ3v) is 6.85. The monoisotopic (exact) mass is 467 g/mol. The molecule has 0 spiro atoms. The molecule has 1 saturated carbocycles. The average molecular weight is 468 g/mol. The maximum atomic E-state index is 15.2. The molecule has 3 aromatic rings. The van der Waals surface area contributed by atoms with Gasteiger partial charge in [-0.15, -0.1) is 0 Å². The molecule has 1 fully saturated rings. The van der Waals surface area contributed by atoms with Crippen LogP contribution >= 0.6 is 0 Å². The third kappa shape index (κ3) is 4.88. The van der Waals surface area contributed by atoms with E-state index in [1.807, 2.05) is 31.5 Å². The molecule has 0 aliphatic heterocycles. The van der Waals surface area contributed by atoms with Crippen LogP contribution in [0.5, 0.6) is 0 Å². The van der Waals surface area contributed by atoms with Crippen LogP contribution in [0.2, 0.25) is 0 Å². The highest BCUT2D eigenvalue weighted by molar-refractivity contribution is 7.83. The van der Waals surface area contributed by atoms with E-state index in [9.17, 15) is 17.4 Å². The van der Waals surface area contributed by atoms with Gasteiger partial charge in [0.05, 0.1) is 16.5 Å². The van der Waals surface area contributed by atoms with Gasteiger partial charge < -0.3 is 4.57 Å². The van der Waals surface area contributed by atoms with E-state index in [1.165, 1.54) is 12.1 Å². The molecule has 9 heteroatoms. The van der Waals surface area contributed by atoms with E-state index >= 15 is 4.39 Å². The molecule has 2 heterocycles. The molecule has 1 aromatic carbocycles. The van der Waals surface area contributed by atoms with Crippen molar-refractivity contribution >= 4 is 21.9 Å². The number of nitrogens with zero attached hydrogens (tertiary/aromatic N) is 2. The van der Waals surface area contributed by atoms with Crippen molar-refractivity contribution in [2.45, 2.75) is 58.1 Å². The number of aromatic nitrogens is 2. The summed E-state index contributed by atoms with van der Waals surface area (Å²) in [6.07, 6.45) is 1.19. The molecule has 1 unspecified atom stereocenters. The summed E-state index contributed by atoms with van der Waals surface area (Å²) in [5.41, 5.74) is -0.104. The summed E-state index contributed by atoms with van der Waals surface area (Å²) < 4.78 is 72.9. The first-order chi connectivity index (χ1) is 14.9. The first-order valence-corrected chi connectivity index (χ1v) is 11.6. The lowest BCUT2D eigenvalue weighted by molar-refractivity contribution is -0.137. The highest BCUT2D eigenvalue weighted by Gasteiger charge is 2.34. The Hall–Kier alpha value is -2.26. The molecule has 1 aliphatic carbocycles. The van der Waals surface area contributed by atoms with E-state index in [2.05, 4.69) is 9.71 Å². The van der Waals surface area contributed by atoms with Crippen LogP contribution in [-0.4, -0.2) is 19.0 Å². The summed E-state index contributed by atoms with van der Waals surface area (Å²) in [5.74, 6) is -0.755. The smallest absolute Gasteiger partial charge is 0.347 e. The maximum absolute atomic E-state index is 15.2. The van der Waals surface area contributed by atoms with Crippen LogP contribution in [0, 0.1) is 11.2 Å². The lowest BCUT2D eigenvalue weighted by atomic mass is 9.96. The van der Waals surface area contributed by atoms with Gasteiger partial charge in [-0.2, -0.15) is 13.2 Å². The summed E-state index contributed by atoms with van der Waals surface area (Å²) in [7, 11) is -1.15. The Balaban J connectivity index is 1.83. The van der Waals surface area contributed by atoms with Gasteiger partial charge in [0.25, 0.3) is 0 Å². The van der Waals surface area contributed by atoms with Gasteiger partial charge in [-0.25, -0.2) is 13.3 Å². The van der Waals surface area contributed by atoms with Gasteiger partial charge in [0.15, 0.2) is 0 Å². The van der Waals surface area contributed by atoms with Crippen LogP contribution in [0.4, 0.5) is 17.6 Å². The fourth-order valence-corrected chi connectivity index (χ4v) is 4.88. The van der Waals surface area contributed by atoms with E-state index in [-0.39, 0.29) is 28.3 Å². The van der Waals surface area contributed by atoms with Gasteiger partial charge in [0, 0.05) is 59.0 Å². The lowest BCUT2D eigenvalue weighted by Crippen LogP contribution is -2.19. The summed E-state index contributed by atoms with van der Waals surface area (Å²) >= 11 is 0. The first-order valence-electron chi connectivity index (χ1n) is 10.4. The number of nitrogens with one attached hydrogen (secondary N) is 1. The van der Waals surface area contributed by atoms with Gasteiger partial charge >= 0.3 is 6.18 Å². The molecular weight excluding hydrogens is 442 g/mol. The molecule has 0 amide bonds. The largest absolute Gasteiger partial charge is 0.417 e. The normalized spacial score (nSPS) is 16.0. The van der Waals surface area contributed by atoms with Gasteiger partial charge in [-0.3, -0.25) is 4.98 Å². The van der Waals surface area contributed by atoms with Crippen LogP contribution in [0.25, 0.3) is 22.0 Å². The minimum absolute atomic E-state index is 0.118. The Morgan fingerprint density at radius 1 is 1.19 bits per heavy atom. The molecule has 0 saturated heterocycles. The van der Waals surface area contributed by atoms with Crippen LogP contribution in [0.3, 0.4) is 0 Å². The Kier molecular flexibility index (Phi) is 5.92. The Morgan fingerprint density at radius 3 is 2.53 bits per heavy atom. The molecule has 4 nitrogen and oxygen atoms in total. The molecule has 172 valence electrons. The standard InChI is InChI=1S/C23H25F4N3OS/c1-22(2,3)13-30-12-14(10-29-32(31)15-4-5-15)16-8-20(24)17(9-21(16)30)18-11-28-7-6-19(18)23(25,26)27/h6-9,11-12,15,29H,4-5,10,13H2,1-3H3. The maximum Gasteiger partial charge on any atom is 0.417 e. The van der Waals surface area contributed by atoms with Crippen molar-refractivity contribution in [3.63, 3.8) is 0 Å². The van der Waals surface area contributed by atoms with Crippen molar-refractivity contribution in [3.05, 3.63) is 53.7 Å². The molecular formula is C23H25F4N3OS. The minimum atomic E-state index is -4.63. The third-order valence-electron chi connectivity index (χ3n) is 5.35. The molecule has 1 aliphatic rings. The molecule has 4 rings (SSSR count). The number of halogens is 4. The number of hydrogen-bond acceptors (Lipinski definition) is 2. The van der Waals surface area contributed by atoms with E-state index in [0.29, 0.717) is 17.4 Å². The highest BCUT2D eigenvalue weighted by Crippen LogP contribution is 2.39. The van der Waals surface area contributed by atoms with Crippen LogP contribution in [0.15, 0.2) is 36.8 Å². The Morgan fingerprint density at radius 2 is 1.91 bits per heavy atom. The van der Waals surface area contributed by atoms with Crippen molar-refractivity contribution < 1.29 is 21.8 Å². The van der Waals surface area contributed by atoms with Crippen LogP contribution in [0.1, 0.15) is 44.7 Å². The van der Waals surface area contributed by atoms with E-state index in [1.54, 1.807) is 0 Å². The Bertz CT molecular complexity index is 1180. The Labute approximate surface area is 186 Å². The van der Waals surface area contributed by atoms with E-state index in [4.69, 9.17) is 0 Å². The molecule has 2 aromatic heterocycles. The highest BCUT2D eigenvalue weighted by atomic mass is 32.2. The van der Waals surface area contributed by atoms with Gasteiger partial charge in [-0.1, -0.05) is 20.8 Å². The van der Waals surface area contributed by atoms with Gasteiger partial charge in [0.2, 0.25) is 0 Å². The van der Waals surface area contributed by atoms with Gasteiger partial charge in [-0.05, 0) is 42.0 Å². The number of pyridine rings is 1. The second-order valence-corrected chi connectivity index (χ2v) is 11.0. The second-order valence-electron chi connectivity index (χ2n) is 9.43. The number of rotatable bonds is 6.